The second-order valence-corrected chi connectivity index (χ2v) is 6.48. The summed E-state index contributed by atoms with van der Waals surface area (Å²) in [6.45, 7) is 0. The SMILES string of the molecule is CO[C@]1(CCC=C(F)C#N)CC[C@H](c2ccc(OC(F)(F)F)cc2)CC1. The van der Waals surface area contributed by atoms with E-state index in [1.807, 2.05) is 0 Å². The van der Waals surface area contributed by atoms with E-state index < -0.39 is 12.2 Å². The van der Waals surface area contributed by atoms with Gasteiger partial charge in [0.1, 0.15) is 11.8 Å². The van der Waals surface area contributed by atoms with E-state index in [-0.39, 0.29) is 17.3 Å². The molecular weight excluding hydrogens is 350 g/mol. The first kappa shape index (κ1) is 20.2. The second-order valence-electron chi connectivity index (χ2n) is 6.48. The maximum absolute atomic E-state index is 12.9. The number of rotatable bonds is 6. The molecule has 1 aromatic rings. The lowest BCUT2D eigenvalue weighted by atomic mass is 9.74. The third kappa shape index (κ3) is 5.73. The lowest BCUT2D eigenvalue weighted by Crippen LogP contribution is -2.35. The Hall–Kier alpha value is -2.07. The molecule has 0 amide bonds. The zero-order chi connectivity index (χ0) is 19.2. The van der Waals surface area contributed by atoms with Crippen molar-refractivity contribution in [3.63, 3.8) is 0 Å². The molecule has 0 atom stereocenters. The first-order chi connectivity index (χ1) is 12.3. The van der Waals surface area contributed by atoms with Gasteiger partial charge in [-0.15, -0.1) is 13.2 Å². The van der Waals surface area contributed by atoms with Gasteiger partial charge in [-0.3, -0.25) is 0 Å². The van der Waals surface area contributed by atoms with E-state index in [4.69, 9.17) is 10.00 Å². The Morgan fingerprint density at radius 3 is 2.38 bits per heavy atom. The molecule has 0 unspecified atom stereocenters. The van der Waals surface area contributed by atoms with Crippen molar-refractivity contribution in [2.75, 3.05) is 7.11 Å². The monoisotopic (exact) mass is 371 g/mol. The third-order valence-electron chi connectivity index (χ3n) is 4.95. The molecule has 1 aliphatic rings. The molecule has 1 aromatic carbocycles. The van der Waals surface area contributed by atoms with Gasteiger partial charge >= 0.3 is 6.36 Å². The highest BCUT2D eigenvalue weighted by Gasteiger charge is 2.35. The van der Waals surface area contributed by atoms with E-state index in [9.17, 15) is 17.6 Å². The van der Waals surface area contributed by atoms with Crippen molar-refractivity contribution >= 4 is 0 Å². The van der Waals surface area contributed by atoms with Gasteiger partial charge in [0.05, 0.1) is 5.60 Å². The van der Waals surface area contributed by atoms with E-state index in [1.165, 1.54) is 24.3 Å². The van der Waals surface area contributed by atoms with E-state index in [1.54, 1.807) is 19.2 Å². The molecule has 0 bridgehead atoms. The van der Waals surface area contributed by atoms with Crippen LogP contribution in [0.1, 0.15) is 50.0 Å². The summed E-state index contributed by atoms with van der Waals surface area (Å²) in [5.41, 5.74) is 0.627. The number of benzene rings is 1. The molecular formula is C19H21F4NO2. The van der Waals surface area contributed by atoms with Gasteiger partial charge in [0.15, 0.2) is 5.83 Å². The molecule has 3 nitrogen and oxygen atoms in total. The van der Waals surface area contributed by atoms with Crippen LogP contribution in [-0.4, -0.2) is 19.1 Å². The molecule has 2 rings (SSSR count). The molecule has 7 heteroatoms. The standard InChI is InChI=1S/C19H21F4NO2/c1-25-18(10-2-3-16(20)13-24)11-8-15(9-12-18)14-4-6-17(7-5-14)26-19(21,22)23/h3-7,15H,2,8-12H2,1H3/t15-,18+. The Balaban J connectivity index is 1.93. The van der Waals surface area contributed by atoms with E-state index in [0.29, 0.717) is 12.8 Å². The normalized spacial score (nSPS) is 24.2. The maximum Gasteiger partial charge on any atom is 0.573 e. The number of halogens is 4. The molecule has 0 saturated heterocycles. The number of alkyl halides is 3. The van der Waals surface area contributed by atoms with Crippen molar-refractivity contribution in [1.29, 1.82) is 5.26 Å². The lowest BCUT2D eigenvalue weighted by molar-refractivity contribution is -0.274. The number of nitrogens with zero attached hydrogens (tertiary/aromatic N) is 1. The first-order valence-corrected chi connectivity index (χ1v) is 8.43. The van der Waals surface area contributed by atoms with Crippen LogP contribution >= 0.6 is 0 Å². The zero-order valence-electron chi connectivity index (χ0n) is 14.5. The Morgan fingerprint density at radius 2 is 1.88 bits per heavy atom. The second kappa shape index (κ2) is 8.54. The lowest BCUT2D eigenvalue weighted by Gasteiger charge is -2.39. The average molecular weight is 371 g/mol. The highest BCUT2D eigenvalue weighted by Crippen LogP contribution is 2.42. The number of allylic oxidation sites excluding steroid dienone is 2. The van der Waals surface area contributed by atoms with Gasteiger partial charge in [-0.25, -0.2) is 0 Å². The molecule has 0 N–H and O–H groups in total. The fraction of sp³-hybridized carbons (Fsp3) is 0.526. The van der Waals surface area contributed by atoms with Crippen LogP contribution in [-0.2, 0) is 4.74 Å². The molecule has 142 valence electrons. The molecule has 0 radical (unpaired) electrons. The van der Waals surface area contributed by atoms with Crippen LogP contribution in [0.4, 0.5) is 17.6 Å². The number of methoxy groups -OCH3 is 1. The summed E-state index contributed by atoms with van der Waals surface area (Å²) in [6.07, 6.45) is 0.852. The van der Waals surface area contributed by atoms with Crippen molar-refractivity contribution in [1.82, 2.24) is 0 Å². The van der Waals surface area contributed by atoms with Crippen LogP contribution in [0.2, 0.25) is 0 Å². The summed E-state index contributed by atoms with van der Waals surface area (Å²) in [4.78, 5) is 0. The number of hydrogen-bond acceptors (Lipinski definition) is 3. The molecule has 0 aromatic heterocycles. The van der Waals surface area contributed by atoms with E-state index >= 15 is 0 Å². The van der Waals surface area contributed by atoms with Gasteiger partial charge in [0, 0.05) is 7.11 Å². The summed E-state index contributed by atoms with van der Waals surface area (Å²) in [5.74, 6) is -0.773. The number of ether oxygens (including phenoxy) is 2. The minimum atomic E-state index is -4.69. The number of hydrogen-bond donors (Lipinski definition) is 0. The predicted octanol–water partition coefficient (Wildman–Crippen LogP) is 5.79. The van der Waals surface area contributed by atoms with Gasteiger partial charge in [-0.2, -0.15) is 9.65 Å². The van der Waals surface area contributed by atoms with Crippen molar-refractivity contribution < 1.29 is 27.0 Å². The van der Waals surface area contributed by atoms with Gasteiger partial charge in [-0.1, -0.05) is 12.1 Å². The van der Waals surface area contributed by atoms with Crippen LogP contribution in [0.15, 0.2) is 36.2 Å². The molecule has 1 aliphatic carbocycles. The van der Waals surface area contributed by atoms with Crippen LogP contribution in [0.25, 0.3) is 0 Å². The molecule has 0 spiro atoms. The summed E-state index contributed by atoms with van der Waals surface area (Å²) in [5, 5.41) is 8.44. The average Bonchev–Trinajstić information content (AvgIpc) is 2.61. The van der Waals surface area contributed by atoms with Crippen molar-refractivity contribution in [3.05, 3.63) is 41.7 Å². The highest BCUT2D eigenvalue weighted by atomic mass is 19.4. The van der Waals surface area contributed by atoms with Gasteiger partial charge in [0.25, 0.3) is 0 Å². The molecule has 1 saturated carbocycles. The van der Waals surface area contributed by atoms with Crippen LogP contribution < -0.4 is 4.74 Å². The third-order valence-corrected chi connectivity index (χ3v) is 4.95. The van der Waals surface area contributed by atoms with Crippen molar-refractivity contribution in [3.8, 4) is 11.8 Å². The summed E-state index contributed by atoms with van der Waals surface area (Å²) < 4.78 is 59.1. The van der Waals surface area contributed by atoms with E-state index in [0.717, 1.165) is 31.2 Å². The topological polar surface area (TPSA) is 42.2 Å². The van der Waals surface area contributed by atoms with Crippen molar-refractivity contribution in [2.24, 2.45) is 0 Å². The largest absolute Gasteiger partial charge is 0.573 e. The molecule has 0 heterocycles. The molecule has 26 heavy (non-hydrogen) atoms. The fourth-order valence-electron chi connectivity index (χ4n) is 3.48. The van der Waals surface area contributed by atoms with Crippen molar-refractivity contribution in [2.45, 2.75) is 56.4 Å². The van der Waals surface area contributed by atoms with Gasteiger partial charge < -0.3 is 9.47 Å². The quantitative estimate of drug-likeness (QED) is 0.470. The van der Waals surface area contributed by atoms with Crippen LogP contribution in [0.3, 0.4) is 0 Å². The smallest absolute Gasteiger partial charge is 0.406 e. The van der Waals surface area contributed by atoms with Crippen LogP contribution in [0.5, 0.6) is 5.75 Å². The fourth-order valence-corrected chi connectivity index (χ4v) is 3.48. The Bertz CT molecular complexity index is 654. The van der Waals surface area contributed by atoms with Gasteiger partial charge in [-0.05, 0) is 68.2 Å². The minimum absolute atomic E-state index is 0.227. The zero-order valence-corrected chi connectivity index (χ0v) is 14.5. The molecule has 1 fully saturated rings. The highest BCUT2D eigenvalue weighted by molar-refractivity contribution is 5.30. The summed E-state index contributed by atoms with van der Waals surface area (Å²) in [7, 11) is 1.63. The summed E-state index contributed by atoms with van der Waals surface area (Å²) >= 11 is 0. The van der Waals surface area contributed by atoms with E-state index in [2.05, 4.69) is 4.74 Å². The Morgan fingerprint density at radius 1 is 1.27 bits per heavy atom. The van der Waals surface area contributed by atoms with Crippen LogP contribution in [0, 0.1) is 11.3 Å². The van der Waals surface area contributed by atoms with Gasteiger partial charge in [0.2, 0.25) is 0 Å². The Kier molecular flexibility index (Phi) is 6.65. The molecule has 0 aliphatic heterocycles. The first-order valence-electron chi connectivity index (χ1n) is 8.43. The minimum Gasteiger partial charge on any atom is -0.406 e. The predicted molar refractivity (Wildman–Crippen MR) is 88.1 cm³/mol. The number of nitriles is 1. The maximum atomic E-state index is 12.9. The Labute approximate surface area is 150 Å². The summed E-state index contributed by atoms with van der Waals surface area (Å²) in [6, 6.07) is 7.44.